The Morgan fingerprint density at radius 1 is 1.17 bits per heavy atom. The highest BCUT2D eigenvalue weighted by molar-refractivity contribution is 5.94. The van der Waals surface area contributed by atoms with Crippen LogP contribution < -0.4 is 5.32 Å². The van der Waals surface area contributed by atoms with Crippen molar-refractivity contribution in [3.63, 3.8) is 0 Å². The number of aromatic carboxylic acids is 1. The van der Waals surface area contributed by atoms with Gasteiger partial charge in [-0.05, 0) is 17.7 Å². The Hall–Kier alpha value is -3.62. The van der Waals surface area contributed by atoms with E-state index in [4.69, 9.17) is 0 Å². The summed E-state index contributed by atoms with van der Waals surface area (Å²) in [6.45, 7) is 0.434. The van der Waals surface area contributed by atoms with Crippen LogP contribution in [-0.4, -0.2) is 40.6 Å². The van der Waals surface area contributed by atoms with Crippen LogP contribution in [-0.2, 0) is 6.54 Å². The highest BCUT2D eigenvalue weighted by Crippen LogP contribution is 2.21. The average molecular weight is 321 g/mol. The Morgan fingerprint density at radius 2 is 2.04 bits per heavy atom. The Morgan fingerprint density at radius 3 is 2.83 bits per heavy atom. The fourth-order valence-electron chi connectivity index (χ4n) is 2.42. The van der Waals surface area contributed by atoms with Crippen LogP contribution in [0.15, 0.2) is 43.0 Å². The fraction of sp³-hybridized carbons (Fsp3) is 0.0667. The van der Waals surface area contributed by atoms with Crippen LogP contribution in [0.1, 0.15) is 16.2 Å². The van der Waals surface area contributed by atoms with Gasteiger partial charge in [-0.3, -0.25) is 9.97 Å². The molecule has 4 aromatic heterocycles. The maximum atomic E-state index is 11.4. The molecule has 0 saturated heterocycles. The van der Waals surface area contributed by atoms with Crippen LogP contribution in [0.5, 0.6) is 0 Å². The van der Waals surface area contributed by atoms with Crippen LogP contribution in [0.2, 0.25) is 0 Å². The van der Waals surface area contributed by atoms with E-state index < -0.39 is 5.97 Å². The molecule has 0 radical (unpaired) electrons. The van der Waals surface area contributed by atoms with E-state index >= 15 is 0 Å². The molecule has 2 N–H and O–H groups in total. The molecule has 0 saturated carbocycles. The van der Waals surface area contributed by atoms with Crippen LogP contribution in [0.3, 0.4) is 0 Å². The first-order chi connectivity index (χ1) is 11.7. The number of anilines is 1. The highest BCUT2D eigenvalue weighted by atomic mass is 16.4. The minimum absolute atomic E-state index is 0.211. The monoisotopic (exact) mass is 321 g/mol. The van der Waals surface area contributed by atoms with Gasteiger partial charge in [0.25, 0.3) is 0 Å². The molecule has 0 amide bonds. The summed E-state index contributed by atoms with van der Waals surface area (Å²) in [5.41, 5.74) is 1.97. The number of rotatable bonds is 4. The molecule has 24 heavy (non-hydrogen) atoms. The molecule has 0 bridgehead atoms. The normalized spacial score (nSPS) is 11.0. The Bertz CT molecular complexity index is 1050. The van der Waals surface area contributed by atoms with E-state index in [2.05, 4.69) is 30.5 Å². The van der Waals surface area contributed by atoms with Crippen molar-refractivity contribution in [2.45, 2.75) is 6.54 Å². The average Bonchev–Trinajstić information content (AvgIpc) is 3.06. The summed E-state index contributed by atoms with van der Waals surface area (Å²) in [6.07, 6.45) is 6.61. The molecule has 9 nitrogen and oxygen atoms in total. The number of carboxylic acids is 1. The van der Waals surface area contributed by atoms with Gasteiger partial charge in [-0.15, -0.1) is 10.2 Å². The van der Waals surface area contributed by atoms with Gasteiger partial charge < -0.3 is 10.4 Å². The molecule has 118 valence electrons. The summed E-state index contributed by atoms with van der Waals surface area (Å²) in [4.78, 5) is 24.0. The summed E-state index contributed by atoms with van der Waals surface area (Å²) in [5.74, 6) is -1.05. The molecular weight excluding hydrogens is 310 g/mol. The molecule has 0 atom stereocenters. The zero-order valence-electron chi connectivity index (χ0n) is 12.3. The smallest absolute Gasteiger partial charge is 0.374 e. The van der Waals surface area contributed by atoms with Crippen molar-refractivity contribution < 1.29 is 9.90 Å². The van der Waals surface area contributed by atoms with Gasteiger partial charge in [0.2, 0.25) is 11.8 Å². The zero-order valence-corrected chi connectivity index (χ0v) is 12.3. The molecule has 0 aromatic carbocycles. The maximum absolute atomic E-state index is 11.4. The summed E-state index contributed by atoms with van der Waals surface area (Å²) in [7, 11) is 0. The lowest BCUT2D eigenvalue weighted by molar-refractivity contribution is 0.0682. The number of aromatic nitrogens is 6. The van der Waals surface area contributed by atoms with Gasteiger partial charge in [0.15, 0.2) is 5.65 Å². The van der Waals surface area contributed by atoms with E-state index in [1.54, 1.807) is 30.9 Å². The zero-order chi connectivity index (χ0) is 16.5. The third kappa shape index (κ3) is 2.28. The second-order valence-electron chi connectivity index (χ2n) is 5.03. The highest BCUT2D eigenvalue weighted by Gasteiger charge is 2.19. The molecule has 0 aliphatic carbocycles. The lowest BCUT2D eigenvalue weighted by Gasteiger charge is -2.10. The van der Waals surface area contributed by atoms with E-state index in [0.29, 0.717) is 29.0 Å². The van der Waals surface area contributed by atoms with Gasteiger partial charge in [-0.1, -0.05) is 6.07 Å². The third-order valence-electron chi connectivity index (χ3n) is 3.50. The first kappa shape index (κ1) is 14.0. The number of nitrogens with one attached hydrogen (secondary N) is 1. The van der Waals surface area contributed by atoms with E-state index in [1.807, 2.05) is 12.1 Å². The first-order valence-corrected chi connectivity index (χ1v) is 7.09. The second-order valence-corrected chi connectivity index (χ2v) is 5.03. The van der Waals surface area contributed by atoms with Crippen molar-refractivity contribution in [3.05, 3.63) is 54.4 Å². The van der Waals surface area contributed by atoms with E-state index in [0.717, 1.165) is 5.56 Å². The molecule has 0 spiro atoms. The van der Waals surface area contributed by atoms with Crippen molar-refractivity contribution in [2.24, 2.45) is 0 Å². The van der Waals surface area contributed by atoms with Crippen molar-refractivity contribution in [2.75, 3.05) is 5.32 Å². The van der Waals surface area contributed by atoms with Gasteiger partial charge in [0, 0.05) is 31.3 Å². The van der Waals surface area contributed by atoms with Crippen LogP contribution >= 0.6 is 0 Å². The first-order valence-electron chi connectivity index (χ1n) is 7.09. The van der Waals surface area contributed by atoms with Crippen LogP contribution in [0.25, 0.3) is 16.6 Å². The summed E-state index contributed by atoms with van der Waals surface area (Å²) < 4.78 is 1.38. The molecule has 0 fully saturated rings. The van der Waals surface area contributed by atoms with Crippen molar-refractivity contribution in [1.82, 2.24) is 29.5 Å². The fourth-order valence-corrected chi connectivity index (χ4v) is 2.42. The van der Waals surface area contributed by atoms with E-state index in [-0.39, 0.29) is 5.82 Å². The quantitative estimate of drug-likeness (QED) is 0.578. The number of carbonyl (C=O) groups is 1. The van der Waals surface area contributed by atoms with E-state index in [9.17, 15) is 9.90 Å². The minimum Gasteiger partial charge on any atom is -0.475 e. The van der Waals surface area contributed by atoms with Gasteiger partial charge in [-0.25, -0.2) is 14.2 Å². The second kappa shape index (κ2) is 5.54. The molecule has 0 unspecified atom stereocenters. The predicted molar refractivity (Wildman–Crippen MR) is 84.6 cm³/mol. The Balaban J connectivity index is 1.87. The maximum Gasteiger partial charge on any atom is 0.374 e. The molecule has 4 heterocycles. The molecular formula is C15H11N7O2. The molecule has 9 heteroatoms. The minimum atomic E-state index is -1.18. The SMILES string of the molecule is O=C(O)c1nnc2c3cnccc3nc(NCc3cccnc3)n12. The molecule has 0 aliphatic rings. The van der Waals surface area contributed by atoms with Gasteiger partial charge in [-0.2, -0.15) is 0 Å². The summed E-state index contributed by atoms with van der Waals surface area (Å²) >= 11 is 0. The topological polar surface area (TPSA) is 118 Å². The third-order valence-corrected chi connectivity index (χ3v) is 3.50. The van der Waals surface area contributed by atoms with Crippen LogP contribution in [0, 0.1) is 0 Å². The Kier molecular flexibility index (Phi) is 3.23. The van der Waals surface area contributed by atoms with Gasteiger partial charge in [0.1, 0.15) is 0 Å². The van der Waals surface area contributed by atoms with Crippen molar-refractivity contribution in [3.8, 4) is 0 Å². The lowest BCUT2D eigenvalue weighted by Crippen LogP contribution is -2.12. The molecule has 4 rings (SSSR count). The largest absolute Gasteiger partial charge is 0.475 e. The molecule has 4 aromatic rings. The summed E-state index contributed by atoms with van der Waals surface area (Å²) in [5, 5.41) is 20.8. The van der Waals surface area contributed by atoms with Crippen molar-refractivity contribution in [1.29, 1.82) is 0 Å². The van der Waals surface area contributed by atoms with E-state index in [1.165, 1.54) is 4.40 Å². The summed E-state index contributed by atoms with van der Waals surface area (Å²) in [6, 6.07) is 5.47. The standard InChI is InChI=1S/C15H11N7O2/c23-14(24)13-21-20-12-10-8-17-5-3-11(10)19-15(22(12)13)18-7-9-2-1-4-16-6-9/h1-6,8H,7H2,(H,18,19)(H,23,24). The number of hydrogen-bond donors (Lipinski definition) is 2. The molecule has 0 aliphatic heterocycles. The number of hydrogen-bond acceptors (Lipinski definition) is 7. The number of fused-ring (bicyclic) bond motifs is 3. The lowest BCUT2D eigenvalue weighted by atomic mass is 10.3. The number of nitrogens with zero attached hydrogens (tertiary/aromatic N) is 6. The number of carboxylic acid groups (broad SMARTS) is 1. The Labute approximate surface area is 135 Å². The predicted octanol–water partition coefficient (Wildman–Crippen LogP) is 1.38. The van der Waals surface area contributed by atoms with Gasteiger partial charge >= 0.3 is 5.97 Å². The van der Waals surface area contributed by atoms with Crippen molar-refractivity contribution >= 4 is 28.5 Å². The van der Waals surface area contributed by atoms with Gasteiger partial charge in [0.05, 0.1) is 10.9 Å². The van der Waals surface area contributed by atoms with Crippen LogP contribution in [0.4, 0.5) is 5.95 Å². The number of pyridine rings is 2.